The van der Waals surface area contributed by atoms with E-state index in [0.717, 1.165) is 12.8 Å². The minimum absolute atomic E-state index is 0.291. The van der Waals surface area contributed by atoms with E-state index >= 15 is 0 Å². The Bertz CT molecular complexity index is 148. The number of fused-ring (bicyclic) bond motifs is 1. The van der Waals surface area contributed by atoms with E-state index in [1.165, 1.54) is 6.42 Å². The van der Waals surface area contributed by atoms with Crippen LogP contribution in [0.15, 0.2) is 0 Å². The Labute approximate surface area is 66.0 Å². The number of hydrogen-bond acceptors (Lipinski definition) is 3. The van der Waals surface area contributed by atoms with Gasteiger partial charge in [-0.2, -0.15) is 0 Å². The lowest BCUT2D eigenvalue weighted by molar-refractivity contribution is -0.218. The summed E-state index contributed by atoms with van der Waals surface area (Å²) in [6, 6.07) is 0. The first kappa shape index (κ1) is 7.53. The van der Waals surface area contributed by atoms with Crippen LogP contribution in [0, 0.1) is 11.8 Å². The first-order valence-electron chi connectivity index (χ1n) is 4.27. The van der Waals surface area contributed by atoms with Crippen LogP contribution in [0.1, 0.15) is 19.3 Å². The van der Waals surface area contributed by atoms with Gasteiger partial charge in [0, 0.05) is 0 Å². The molecule has 0 spiro atoms. The van der Waals surface area contributed by atoms with Gasteiger partial charge < -0.3 is 14.9 Å². The second kappa shape index (κ2) is 2.73. The maximum absolute atomic E-state index is 9.47. The Balaban J connectivity index is 2.06. The van der Waals surface area contributed by atoms with Gasteiger partial charge in [0.2, 0.25) is 0 Å². The third-order valence-electron chi connectivity index (χ3n) is 2.93. The summed E-state index contributed by atoms with van der Waals surface area (Å²) in [7, 11) is 0. The van der Waals surface area contributed by atoms with Crippen LogP contribution in [0.3, 0.4) is 0 Å². The van der Waals surface area contributed by atoms with Gasteiger partial charge in [0.25, 0.3) is 0 Å². The maximum Gasteiger partial charge on any atom is 0.181 e. The zero-order chi connectivity index (χ0) is 7.84. The highest BCUT2D eigenvalue weighted by molar-refractivity contribution is 4.86. The molecule has 0 amide bonds. The van der Waals surface area contributed by atoms with E-state index < -0.39 is 12.4 Å². The van der Waals surface area contributed by atoms with E-state index in [-0.39, 0.29) is 0 Å². The van der Waals surface area contributed by atoms with E-state index in [2.05, 4.69) is 0 Å². The highest BCUT2D eigenvalue weighted by Gasteiger charge is 2.40. The molecule has 2 aliphatic rings. The van der Waals surface area contributed by atoms with Gasteiger partial charge in [-0.1, -0.05) is 6.42 Å². The molecule has 64 valence electrons. The number of aliphatic hydroxyl groups excluding tert-OH is 2. The minimum atomic E-state index is -0.936. The van der Waals surface area contributed by atoms with Crippen molar-refractivity contribution in [3.8, 4) is 0 Å². The molecule has 1 unspecified atom stereocenters. The van der Waals surface area contributed by atoms with Gasteiger partial charge in [-0.3, -0.25) is 0 Å². The Morgan fingerprint density at radius 2 is 2.00 bits per heavy atom. The van der Waals surface area contributed by atoms with Crippen LogP contribution >= 0.6 is 0 Å². The molecule has 11 heavy (non-hydrogen) atoms. The number of rotatable bonds is 0. The summed E-state index contributed by atoms with van der Waals surface area (Å²) < 4.78 is 5.01. The zero-order valence-electron chi connectivity index (χ0n) is 6.44. The lowest BCUT2D eigenvalue weighted by Crippen LogP contribution is -2.44. The van der Waals surface area contributed by atoms with Crippen molar-refractivity contribution < 1.29 is 14.9 Å². The van der Waals surface area contributed by atoms with Gasteiger partial charge in [-0.15, -0.1) is 0 Å². The largest absolute Gasteiger partial charge is 0.388 e. The molecule has 1 saturated carbocycles. The zero-order valence-corrected chi connectivity index (χ0v) is 6.44. The molecule has 1 aliphatic heterocycles. The summed E-state index contributed by atoms with van der Waals surface area (Å²) in [6.45, 7) is 0.628. The first-order valence-corrected chi connectivity index (χ1v) is 4.27. The molecule has 2 fully saturated rings. The molecule has 3 nitrogen and oxygen atoms in total. The number of ether oxygens (including phenoxy) is 1. The summed E-state index contributed by atoms with van der Waals surface area (Å²) in [5.41, 5.74) is 0. The molecule has 1 aliphatic carbocycles. The summed E-state index contributed by atoms with van der Waals surface area (Å²) in [5, 5.41) is 18.6. The van der Waals surface area contributed by atoms with E-state index in [9.17, 15) is 5.11 Å². The Morgan fingerprint density at radius 1 is 1.18 bits per heavy atom. The van der Waals surface area contributed by atoms with Gasteiger partial charge in [0.15, 0.2) is 6.29 Å². The van der Waals surface area contributed by atoms with Crippen LogP contribution in [0.2, 0.25) is 0 Å². The summed E-state index contributed by atoms with van der Waals surface area (Å²) in [5.74, 6) is 0.784. The third kappa shape index (κ3) is 1.17. The van der Waals surface area contributed by atoms with Gasteiger partial charge in [0.05, 0.1) is 6.61 Å². The van der Waals surface area contributed by atoms with Gasteiger partial charge in [-0.05, 0) is 24.7 Å². The number of hydrogen-bond donors (Lipinski definition) is 2. The lowest BCUT2D eigenvalue weighted by Gasteiger charge is -2.33. The minimum Gasteiger partial charge on any atom is -0.388 e. The standard InChI is InChI=1S/C8H14O3/c9-7-6-3-1-2-5(6)4-11-8(7)10/h5-10H,1-4H2/t5-,6-,7+,8?/m1/s1. The van der Waals surface area contributed by atoms with Gasteiger partial charge in [-0.25, -0.2) is 0 Å². The molecule has 0 radical (unpaired) electrons. The first-order chi connectivity index (χ1) is 5.29. The molecular formula is C8H14O3. The van der Waals surface area contributed by atoms with Crippen molar-refractivity contribution >= 4 is 0 Å². The molecule has 0 bridgehead atoms. The van der Waals surface area contributed by atoms with E-state index in [0.29, 0.717) is 18.4 Å². The lowest BCUT2D eigenvalue weighted by atomic mass is 9.89. The van der Waals surface area contributed by atoms with Crippen LogP contribution in [0.5, 0.6) is 0 Å². The monoisotopic (exact) mass is 158 g/mol. The summed E-state index contributed by atoms with van der Waals surface area (Å²) >= 11 is 0. The SMILES string of the molecule is OC1OC[C@H]2CCC[C@H]2[C@@H]1O. The second-order valence-electron chi connectivity index (χ2n) is 3.57. The third-order valence-corrected chi connectivity index (χ3v) is 2.93. The quantitative estimate of drug-likeness (QED) is 0.526. The van der Waals surface area contributed by atoms with Crippen molar-refractivity contribution in [1.29, 1.82) is 0 Å². The van der Waals surface area contributed by atoms with Crippen LogP contribution in [-0.2, 0) is 4.74 Å². The van der Waals surface area contributed by atoms with E-state index in [1.54, 1.807) is 0 Å². The molecule has 3 heteroatoms. The molecule has 1 heterocycles. The topological polar surface area (TPSA) is 49.7 Å². The molecule has 1 saturated heterocycles. The van der Waals surface area contributed by atoms with Crippen molar-refractivity contribution in [2.75, 3.05) is 6.61 Å². The fourth-order valence-electron chi connectivity index (χ4n) is 2.25. The van der Waals surface area contributed by atoms with E-state index in [1.807, 2.05) is 0 Å². The van der Waals surface area contributed by atoms with Gasteiger partial charge in [0.1, 0.15) is 6.10 Å². The van der Waals surface area contributed by atoms with Crippen molar-refractivity contribution in [2.45, 2.75) is 31.7 Å². The maximum atomic E-state index is 9.47. The molecule has 0 aromatic heterocycles. The predicted octanol–water partition coefficient (Wildman–Crippen LogP) is 0.112. The molecule has 2 N–H and O–H groups in total. The van der Waals surface area contributed by atoms with Crippen LogP contribution in [-0.4, -0.2) is 29.2 Å². The summed E-state index contributed by atoms with van der Waals surface area (Å²) in [4.78, 5) is 0. The Kier molecular flexibility index (Phi) is 1.87. The second-order valence-corrected chi connectivity index (χ2v) is 3.57. The van der Waals surface area contributed by atoms with Crippen LogP contribution in [0.4, 0.5) is 0 Å². The fourth-order valence-corrected chi connectivity index (χ4v) is 2.25. The number of aliphatic hydroxyl groups is 2. The average molecular weight is 158 g/mol. The molecule has 4 atom stereocenters. The molecule has 2 rings (SSSR count). The van der Waals surface area contributed by atoms with Crippen molar-refractivity contribution in [3.05, 3.63) is 0 Å². The van der Waals surface area contributed by atoms with Gasteiger partial charge >= 0.3 is 0 Å². The van der Waals surface area contributed by atoms with Crippen LogP contribution < -0.4 is 0 Å². The van der Waals surface area contributed by atoms with Crippen molar-refractivity contribution in [3.63, 3.8) is 0 Å². The highest BCUT2D eigenvalue weighted by atomic mass is 16.6. The van der Waals surface area contributed by atoms with Crippen molar-refractivity contribution in [1.82, 2.24) is 0 Å². The Hall–Kier alpha value is -0.120. The Morgan fingerprint density at radius 3 is 2.82 bits per heavy atom. The smallest absolute Gasteiger partial charge is 0.181 e. The highest BCUT2D eigenvalue weighted by Crippen LogP contribution is 2.38. The molecular weight excluding hydrogens is 144 g/mol. The fraction of sp³-hybridized carbons (Fsp3) is 1.00. The normalized spacial score (nSPS) is 50.7. The average Bonchev–Trinajstić information content (AvgIpc) is 2.45. The molecule has 0 aromatic rings. The summed E-state index contributed by atoms with van der Waals surface area (Å²) in [6.07, 6.45) is 1.79. The predicted molar refractivity (Wildman–Crippen MR) is 38.8 cm³/mol. The molecule has 0 aromatic carbocycles. The van der Waals surface area contributed by atoms with Crippen molar-refractivity contribution in [2.24, 2.45) is 11.8 Å². The van der Waals surface area contributed by atoms with E-state index in [4.69, 9.17) is 9.84 Å². The van der Waals surface area contributed by atoms with Crippen LogP contribution in [0.25, 0.3) is 0 Å².